The fourth-order valence-corrected chi connectivity index (χ4v) is 3.30. The van der Waals surface area contributed by atoms with E-state index in [9.17, 15) is 5.11 Å². The number of aliphatic hydroxyl groups is 1. The zero-order chi connectivity index (χ0) is 9.90. The Kier molecular flexibility index (Phi) is 3.28. The first kappa shape index (κ1) is 10.5. The third-order valence-corrected chi connectivity index (χ3v) is 5.04. The molecule has 2 heteroatoms. The summed E-state index contributed by atoms with van der Waals surface area (Å²) in [5, 5.41) is 9.35. The molecule has 0 heterocycles. The van der Waals surface area contributed by atoms with Crippen LogP contribution >= 0.6 is 0 Å². The van der Waals surface area contributed by atoms with E-state index >= 15 is 0 Å². The Bertz CT molecular complexity index is 251. The number of rotatable bonds is 3. The first-order valence-corrected chi connectivity index (χ1v) is 8.29. The second-order valence-electron chi connectivity index (χ2n) is 4.51. The smallest absolute Gasteiger partial charge is 0.0550 e. The lowest BCUT2D eigenvalue weighted by molar-refractivity contribution is 0.290. The lowest BCUT2D eigenvalue weighted by atomic mass is 10.1. The monoisotopic (exact) mass is 194 g/mol. The number of aliphatic hydroxyl groups excluding tert-OH is 1. The van der Waals surface area contributed by atoms with Crippen LogP contribution in [-0.2, 0) is 0 Å². The molecule has 0 aliphatic rings. The van der Waals surface area contributed by atoms with Gasteiger partial charge in [-0.05, 0) is 5.56 Å². The summed E-state index contributed by atoms with van der Waals surface area (Å²) in [6, 6.07) is 10.3. The lowest BCUT2D eigenvalue weighted by Crippen LogP contribution is -2.33. The highest BCUT2D eigenvalue weighted by Crippen LogP contribution is 2.25. The molecule has 0 bridgehead atoms. The molecule has 0 unspecified atom stereocenters. The molecule has 72 valence electrons. The molecule has 1 aromatic rings. The van der Waals surface area contributed by atoms with Gasteiger partial charge in [0.2, 0.25) is 0 Å². The van der Waals surface area contributed by atoms with Gasteiger partial charge >= 0.3 is 0 Å². The van der Waals surface area contributed by atoms with Gasteiger partial charge in [0.05, 0.1) is 8.07 Å². The Morgan fingerprint density at radius 2 is 1.69 bits per heavy atom. The van der Waals surface area contributed by atoms with Crippen molar-refractivity contribution in [3.05, 3.63) is 35.9 Å². The molecular formula is C11H18OSi. The minimum atomic E-state index is -1.28. The molecule has 1 rings (SSSR count). The average Bonchev–Trinajstić information content (AvgIpc) is 2.05. The van der Waals surface area contributed by atoms with Crippen molar-refractivity contribution < 1.29 is 5.11 Å². The van der Waals surface area contributed by atoms with Gasteiger partial charge in [-0.1, -0.05) is 50.0 Å². The van der Waals surface area contributed by atoms with Crippen molar-refractivity contribution in [3.63, 3.8) is 0 Å². The maximum atomic E-state index is 9.35. The predicted molar refractivity (Wildman–Crippen MR) is 59.6 cm³/mol. The highest BCUT2D eigenvalue weighted by molar-refractivity contribution is 6.77. The zero-order valence-corrected chi connectivity index (χ0v) is 9.62. The van der Waals surface area contributed by atoms with E-state index in [4.69, 9.17) is 0 Å². The van der Waals surface area contributed by atoms with Crippen LogP contribution in [0.25, 0.3) is 0 Å². The third kappa shape index (κ3) is 2.67. The maximum absolute atomic E-state index is 9.35. The van der Waals surface area contributed by atoms with Gasteiger partial charge in [0.15, 0.2) is 0 Å². The zero-order valence-electron chi connectivity index (χ0n) is 8.62. The van der Waals surface area contributed by atoms with Crippen molar-refractivity contribution in [1.29, 1.82) is 0 Å². The molecular weight excluding hydrogens is 176 g/mol. The van der Waals surface area contributed by atoms with Crippen molar-refractivity contribution in [2.24, 2.45) is 0 Å². The van der Waals surface area contributed by atoms with Crippen molar-refractivity contribution in [2.75, 3.05) is 6.61 Å². The van der Waals surface area contributed by atoms with Crippen LogP contribution in [-0.4, -0.2) is 19.8 Å². The Morgan fingerprint density at radius 1 is 1.15 bits per heavy atom. The molecule has 1 nitrogen and oxygen atoms in total. The molecule has 0 fully saturated rings. The summed E-state index contributed by atoms with van der Waals surface area (Å²) in [5.74, 6) is 0. The number of hydrogen-bond donors (Lipinski definition) is 1. The highest BCUT2D eigenvalue weighted by atomic mass is 28.3. The summed E-state index contributed by atoms with van der Waals surface area (Å²) in [7, 11) is -1.28. The molecule has 0 aliphatic carbocycles. The fraction of sp³-hybridized carbons (Fsp3) is 0.455. The van der Waals surface area contributed by atoms with E-state index < -0.39 is 8.07 Å². The molecule has 0 radical (unpaired) electrons. The third-order valence-electron chi connectivity index (χ3n) is 2.43. The summed E-state index contributed by atoms with van der Waals surface area (Å²) in [5.41, 5.74) is 1.65. The molecule has 0 spiro atoms. The van der Waals surface area contributed by atoms with E-state index in [-0.39, 0.29) is 6.61 Å². The first-order chi connectivity index (χ1) is 6.05. The number of benzene rings is 1. The average molecular weight is 194 g/mol. The maximum Gasteiger partial charge on any atom is 0.0550 e. The van der Waals surface area contributed by atoms with E-state index in [1.54, 1.807) is 0 Å². The van der Waals surface area contributed by atoms with E-state index in [2.05, 4.69) is 31.8 Å². The summed E-state index contributed by atoms with van der Waals surface area (Å²) in [6.45, 7) is 7.16. The number of hydrogen-bond acceptors (Lipinski definition) is 1. The van der Waals surface area contributed by atoms with E-state index in [1.807, 2.05) is 18.2 Å². The highest BCUT2D eigenvalue weighted by Gasteiger charge is 2.26. The van der Waals surface area contributed by atoms with E-state index in [0.717, 1.165) is 0 Å². The summed E-state index contributed by atoms with van der Waals surface area (Å²) in [4.78, 5) is 0. The van der Waals surface area contributed by atoms with Gasteiger partial charge in [-0.25, -0.2) is 0 Å². The second-order valence-corrected chi connectivity index (χ2v) is 9.94. The standard InChI is InChI=1S/C11H18OSi/c1-13(2,3)11(9-12)10-7-5-4-6-8-10/h4-8,11-12H,9H2,1-3H3/t11-/m0/s1. The minimum absolute atomic E-state index is 0.278. The quantitative estimate of drug-likeness (QED) is 0.733. The molecule has 0 aliphatic heterocycles. The van der Waals surface area contributed by atoms with Gasteiger partial charge in [0.25, 0.3) is 0 Å². The molecule has 1 aromatic carbocycles. The normalized spacial score (nSPS) is 14.2. The largest absolute Gasteiger partial charge is 0.396 e. The topological polar surface area (TPSA) is 20.2 Å². The van der Waals surface area contributed by atoms with Crippen LogP contribution in [0, 0.1) is 0 Å². The second kappa shape index (κ2) is 4.07. The van der Waals surface area contributed by atoms with Crippen LogP contribution in [0.3, 0.4) is 0 Å². The van der Waals surface area contributed by atoms with Crippen molar-refractivity contribution in [1.82, 2.24) is 0 Å². The SMILES string of the molecule is C[Si](C)(C)[C@@H](CO)c1ccccc1. The van der Waals surface area contributed by atoms with Crippen molar-refractivity contribution in [2.45, 2.75) is 25.2 Å². The summed E-state index contributed by atoms with van der Waals surface area (Å²) >= 11 is 0. The predicted octanol–water partition coefficient (Wildman–Crippen LogP) is 2.64. The fourth-order valence-electron chi connectivity index (χ4n) is 1.56. The lowest BCUT2D eigenvalue weighted by Gasteiger charge is -2.27. The minimum Gasteiger partial charge on any atom is -0.396 e. The van der Waals surface area contributed by atoms with Crippen LogP contribution < -0.4 is 0 Å². The van der Waals surface area contributed by atoms with Gasteiger partial charge in [-0.2, -0.15) is 0 Å². The summed E-state index contributed by atoms with van der Waals surface area (Å²) < 4.78 is 0. The Hall–Kier alpha value is -0.603. The van der Waals surface area contributed by atoms with Crippen molar-refractivity contribution in [3.8, 4) is 0 Å². The molecule has 13 heavy (non-hydrogen) atoms. The Morgan fingerprint density at radius 3 is 2.08 bits per heavy atom. The summed E-state index contributed by atoms with van der Waals surface area (Å²) in [6.07, 6.45) is 0. The first-order valence-electron chi connectivity index (χ1n) is 4.71. The molecule has 1 N–H and O–H groups in total. The van der Waals surface area contributed by atoms with Crippen LogP contribution in [0.4, 0.5) is 0 Å². The van der Waals surface area contributed by atoms with Gasteiger partial charge < -0.3 is 5.11 Å². The van der Waals surface area contributed by atoms with E-state index in [1.165, 1.54) is 5.56 Å². The Balaban J connectivity index is 2.92. The van der Waals surface area contributed by atoms with Crippen LogP contribution in [0.2, 0.25) is 19.6 Å². The van der Waals surface area contributed by atoms with Gasteiger partial charge in [0.1, 0.15) is 0 Å². The van der Waals surface area contributed by atoms with Crippen LogP contribution in [0.5, 0.6) is 0 Å². The van der Waals surface area contributed by atoms with Crippen molar-refractivity contribution >= 4 is 8.07 Å². The van der Waals surface area contributed by atoms with Gasteiger partial charge in [0, 0.05) is 12.1 Å². The molecule has 0 saturated heterocycles. The van der Waals surface area contributed by atoms with Gasteiger partial charge in [-0.3, -0.25) is 0 Å². The van der Waals surface area contributed by atoms with Crippen LogP contribution in [0.15, 0.2) is 30.3 Å². The molecule has 0 saturated carbocycles. The molecule has 1 atom stereocenters. The van der Waals surface area contributed by atoms with Gasteiger partial charge in [-0.15, -0.1) is 0 Å². The Labute approximate surface area is 81.4 Å². The molecule has 0 aromatic heterocycles. The van der Waals surface area contributed by atoms with Crippen LogP contribution in [0.1, 0.15) is 11.1 Å². The van der Waals surface area contributed by atoms with E-state index in [0.29, 0.717) is 5.54 Å². The molecule has 0 amide bonds.